The average molecular weight is 362 g/mol. The van der Waals surface area contributed by atoms with Gasteiger partial charge in [0.2, 0.25) is 5.91 Å². The summed E-state index contributed by atoms with van der Waals surface area (Å²) in [6, 6.07) is 14.1. The molecule has 134 valence electrons. The second-order valence-corrected chi connectivity index (χ2v) is 5.74. The van der Waals surface area contributed by atoms with Gasteiger partial charge in [-0.05, 0) is 40.8 Å². The minimum absolute atomic E-state index is 0.0854. The molecule has 0 aliphatic carbocycles. The van der Waals surface area contributed by atoms with Gasteiger partial charge in [-0.3, -0.25) is 9.59 Å². The number of hydrogen-bond donors (Lipinski definition) is 1. The lowest BCUT2D eigenvalue weighted by molar-refractivity contribution is -0.116. The van der Waals surface area contributed by atoms with Crippen LogP contribution in [-0.4, -0.2) is 41.1 Å². The van der Waals surface area contributed by atoms with Gasteiger partial charge in [0.05, 0.1) is 17.6 Å². The number of benzene rings is 2. The van der Waals surface area contributed by atoms with Gasteiger partial charge >= 0.3 is 0 Å². The second-order valence-electron chi connectivity index (χ2n) is 5.74. The SMILES string of the molecule is O=C(CCn1nnc2ccccc2c1=O)Nc1cccc(-n2cnnn2)c1. The lowest BCUT2D eigenvalue weighted by Gasteiger charge is -2.08. The van der Waals surface area contributed by atoms with Gasteiger partial charge in [0.1, 0.15) is 11.8 Å². The van der Waals surface area contributed by atoms with Crippen LogP contribution in [0.5, 0.6) is 0 Å². The molecule has 0 bridgehead atoms. The molecule has 2 aromatic heterocycles. The Bertz CT molecular complexity index is 1150. The van der Waals surface area contributed by atoms with E-state index in [9.17, 15) is 9.59 Å². The molecule has 0 aliphatic rings. The Kier molecular flexibility index (Phi) is 4.35. The Morgan fingerprint density at radius 3 is 2.81 bits per heavy atom. The van der Waals surface area contributed by atoms with E-state index in [1.165, 1.54) is 15.7 Å². The quantitative estimate of drug-likeness (QED) is 0.557. The number of nitrogens with one attached hydrogen (secondary N) is 1. The molecular weight excluding hydrogens is 348 g/mol. The van der Waals surface area contributed by atoms with Crippen LogP contribution in [0.4, 0.5) is 5.69 Å². The Balaban J connectivity index is 1.44. The van der Waals surface area contributed by atoms with E-state index < -0.39 is 0 Å². The third kappa shape index (κ3) is 3.54. The predicted molar refractivity (Wildman–Crippen MR) is 96.2 cm³/mol. The average Bonchev–Trinajstić information content (AvgIpc) is 3.23. The molecule has 0 atom stereocenters. The maximum absolute atomic E-state index is 12.4. The van der Waals surface area contributed by atoms with Crippen molar-refractivity contribution in [1.29, 1.82) is 0 Å². The first kappa shape index (κ1) is 16.5. The number of carbonyl (C=O) groups is 1. The summed E-state index contributed by atoms with van der Waals surface area (Å²) in [5, 5.41) is 22.1. The topological polar surface area (TPSA) is 120 Å². The third-order valence-electron chi connectivity index (χ3n) is 3.92. The fourth-order valence-corrected chi connectivity index (χ4v) is 2.61. The molecule has 4 aromatic rings. The summed E-state index contributed by atoms with van der Waals surface area (Å²) in [6.07, 6.45) is 1.55. The first-order valence-corrected chi connectivity index (χ1v) is 8.16. The molecule has 0 radical (unpaired) electrons. The summed E-state index contributed by atoms with van der Waals surface area (Å²) in [7, 11) is 0. The summed E-state index contributed by atoms with van der Waals surface area (Å²) < 4.78 is 2.68. The van der Waals surface area contributed by atoms with Crippen molar-refractivity contribution in [3.63, 3.8) is 0 Å². The summed E-state index contributed by atoms with van der Waals surface area (Å²) in [6.45, 7) is 0.134. The molecule has 2 aromatic carbocycles. The zero-order valence-electron chi connectivity index (χ0n) is 14.1. The van der Waals surface area contributed by atoms with Crippen LogP contribution in [0.15, 0.2) is 59.7 Å². The monoisotopic (exact) mass is 362 g/mol. The fourth-order valence-electron chi connectivity index (χ4n) is 2.61. The molecule has 1 N–H and O–H groups in total. The molecule has 10 nitrogen and oxygen atoms in total. The highest BCUT2D eigenvalue weighted by Gasteiger charge is 2.09. The number of rotatable bonds is 5. The van der Waals surface area contributed by atoms with Crippen molar-refractivity contribution in [2.75, 3.05) is 5.32 Å². The summed E-state index contributed by atoms with van der Waals surface area (Å²) in [4.78, 5) is 24.6. The Labute approximate surface area is 152 Å². The summed E-state index contributed by atoms with van der Waals surface area (Å²) in [5.74, 6) is -0.245. The molecule has 0 saturated heterocycles. The fraction of sp³-hybridized carbons (Fsp3) is 0.118. The van der Waals surface area contributed by atoms with Crippen molar-refractivity contribution < 1.29 is 4.79 Å². The van der Waals surface area contributed by atoms with Crippen LogP contribution < -0.4 is 10.9 Å². The molecule has 0 unspecified atom stereocenters. The van der Waals surface area contributed by atoms with E-state index in [0.717, 1.165) is 5.69 Å². The molecule has 1 amide bonds. The lowest BCUT2D eigenvalue weighted by Crippen LogP contribution is -2.26. The highest BCUT2D eigenvalue weighted by Crippen LogP contribution is 2.13. The van der Waals surface area contributed by atoms with Gasteiger partial charge in [-0.2, -0.15) is 0 Å². The molecule has 0 saturated carbocycles. The molecule has 4 rings (SSSR count). The van der Waals surface area contributed by atoms with Crippen molar-refractivity contribution in [2.45, 2.75) is 13.0 Å². The van der Waals surface area contributed by atoms with Crippen molar-refractivity contribution in [3.8, 4) is 5.69 Å². The number of anilines is 1. The van der Waals surface area contributed by atoms with E-state index in [4.69, 9.17) is 0 Å². The van der Waals surface area contributed by atoms with Crippen molar-refractivity contribution >= 4 is 22.5 Å². The van der Waals surface area contributed by atoms with Crippen molar-refractivity contribution in [3.05, 3.63) is 65.2 Å². The second kappa shape index (κ2) is 7.12. The van der Waals surface area contributed by atoms with Gasteiger partial charge in [0.25, 0.3) is 5.56 Å². The minimum atomic E-state index is -0.269. The number of aryl methyl sites for hydroxylation is 1. The molecule has 2 heterocycles. The van der Waals surface area contributed by atoms with Gasteiger partial charge in [0, 0.05) is 12.1 Å². The highest BCUT2D eigenvalue weighted by molar-refractivity contribution is 5.90. The zero-order valence-corrected chi connectivity index (χ0v) is 14.1. The first-order valence-electron chi connectivity index (χ1n) is 8.16. The zero-order chi connectivity index (χ0) is 18.6. The van der Waals surface area contributed by atoms with Crippen LogP contribution in [0, 0.1) is 0 Å². The number of nitrogens with zero attached hydrogens (tertiary/aromatic N) is 7. The maximum Gasteiger partial charge on any atom is 0.277 e. The van der Waals surface area contributed by atoms with E-state index in [-0.39, 0.29) is 24.4 Å². The largest absolute Gasteiger partial charge is 0.326 e. The van der Waals surface area contributed by atoms with Gasteiger partial charge in [0.15, 0.2) is 0 Å². The van der Waals surface area contributed by atoms with Gasteiger partial charge in [-0.15, -0.1) is 10.2 Å². The van der Waals surface area contributed by atoms with Crippen LogP contribution >= 0.6 is 0 Å². The third-order valence-corrected chi connectivity index (χ3v) is 3.92. The maximum atomic E-state index is 12.4. The number of fused-ring (bicyclic) bond motifs is 1. The van der Waals surface area contributed by atoms with Crippen LogP contribution in [-0.2, 0) is 11.3 Å². The minimum Gasteiger partial charge on any atom is -0.326 e. The number of carbonyl (C=O) groups excluding carboxylic acids is 1. The van der Waals surface area contributed by atoms with E-state index in [1.807, 2.05) is 6.07 Å². The lowest BCUT2D eigenvalue weighted by atomic mass is 10.2. The number of hydrogen-bond acceptors (Lipinski definition) is 7. The van der Waals surface area contributed by atoms with Gasteiger partial charge in [-0.1, -0.05) is 23.4 Å². The number of aromatic nitrogens is 7. The van der Waals surface area contributed by atoms with Crippen LogP contribution in [0.25, 0.3) is 16.6 Å². The van der Waals surface area contributed by atoms with Crippen LogP contribution in [0.2, 0.25) is 0 Å². The molecule has 0 aliphatic heterocycles. The molecule has 0 fully saturated rings. The van der Waals surface area contributed by atoms with Crippen molar-refractivity contribution in [2.24, 2.45) is 0 Å². The smallest absolute Gasteiger partial charge is 0.277 e. The number of tetrazole rings is 1. The van der Waals surface area contributed by atoms with Crippen molar-refractivity contribution in [1.82, 2.24) is 35.2 Å². The Hall–Kier alpha value is -3.95. The van der Waals surface area contributed by atoms with Crippen LogP contribution in [0.1, 0.15) is 6.42 Å². The van der Waals surface area contributed by atoms with E-state index >= 15 is 0 Å². The molecule has 0 spiro atoms. The van der Waals surface area contributed by atoms with E-state index in [0.29, 0.717) is 16.6 Å². The Morgan fingerprint density at radius 2 is 1.96 bits per heavy atom. The first-order chi connectivity index (χ1) is 13.2. The predicted octanol–water partition coefficient (Wildman–Crippen LogP) is 0.796. The molecule has 27 heavy (non-hydrogen) atoms. The molecular formula is C17H14N8O2. The van der Waals surface area contributed by atoms with E-state index in [2.05, 4.69) is 31.2 Å². The molecule has 10 heteroatoms. The highest BCUT2D eigenvalue weighted by atomic mass is 16.2. The van der Waals surface area contributed by atoms with Gasteiger partial charge in [-0.25, -0.2) is 9.36 Å². The van der Waals surface area contributed by atoms with Crippen LogP contribution in [0.3, 0.4) is 0 Å². The standard InChI is InChI=1S/C17H14N8O2/c26-16(19-12-4-3-5-13(10-12)25-11-18-21-23-25)8-9-24-17(27)14-6-1-2-7-15(14)20-22-24/h1-7,10-11H,8-9H2,(H,19,26). The van der Waals surface area contributed by atoms with Gasteiger partial charge < -0.3 is 5.32 Å². The Morgan fingerprint density at radius 1 is 1.07 bits per heavy atom. The normalized spacial score (nSPS) is 10.8. The summed E-state index contributed by atoms with van der Waals surface area (Å²) >= 11 is 0. The summed E-state index contributed by atoms with van der Waals surface area (Å²) in [5.41, 5.74) is 1.58. The number of amides is 1. The van der Waals surface area contributed by atoms with E-state index in [1.54, 1.807) is 42.5 Å².